The minimum absolute atomic E-state index is 0.0128. The van der Waals surface area contributed by atoms with Gasteiger partial charge in [0.15, 0.2) is 23.0 Å². The van der Waals surface area contributed by atoms with E-state index in [2.05, 4.69) is 4.72 Å². The molecule has 36 heavy (non-hydrogen) atoms. The Bertz CT molecular complexity index is 1390. The van der Waals surface area contributed by atoms with E-state index in [9.17, 15) is 23.6 Å². The number of hydrogen-bond acceptors (Lipinski definition) is 9. The summed E-state index contributed by atoms with van der Waals surface area (Å²) in [6, 6.07) is 10.9. The summed E-state index contributed by atoms with van der Waals surface area (Å²) < 4.78 is 49.2. The molecule has 0 radical (unpaired) electrons. The fourth-order valence-corrected chi connectivity index (χ4v) is 4.41. The molecule has 3 rings (SSSR count). The van der Waals surface area contributed by atoms with Gasteiger partial charge in [-0.3, -0.25) is 14.8 Å². The van der Waals surface area contributed by atoms with Crippen LogP contribution < -0.4 is 23.7 Å². The number of methoxy groups -OCH3 is 4. The standard InChI is InChI=1S/C24H24N2O9S/c1-32-20-11-15(8-9-16-12-21(33-2)24(35-4)22(13-16)34-3)10-19(23(20)27)25-36(30,31)18-7-5-6-17(14-18)26(28)29/h5-14,25,27H,1-4H3/b9-8-. The second-order valence-corrected chi connectivity index (χ2v) is 8.95. The van der Waals surface area contributed by atoms with Crippen LogP contribution in [0.4, 0.5) is 11.4 Å². The highest BCUT2D eigenvalue weighted by Crippen LogP contribution is 2.40. The molecule has 0 aliphatic heterocycles. The molecule has 0 bridgehead atoms. The Morgan fingerprint density at radius 2 is 1.42 bits per heavy atom. The lowest BCUT2D eigenvalue weighted by Gasteiger charge is -2.14. The summed E-state index contributed by atoms with van der Waals surface area (Å²) in [6.45, 7) is 0. The predicted molar refractivity (Wildman–Crippen MR) is 134 cm³/mol. The number of aromatic hydroxyl groups is 1. The molecular weight excluding hydrogens is 492 g/mol. The van der Waals surface area contributed by atoms with Gasteiger partial charge in [-0.15, -0.1) is 0 Å². The molecule has 3 aromatic rings. The van der Waals surface area contributed by atoms with Crippen molar-refractivity contribution < 1.29 is 37.4 Å². The minimum atomic E-state index is -4.27. The van der Waals surface area contributed by atoms with Crippen LogP contribution in [0.5, 0.6) is 28.7 Å². The second-order valence-electron chi connectivity index (χ2n) is 7.27. The van der Waals surface area contributed by atoms with Gasteiger partial charge >= 0.3 is 0 Å². The molecule has 0 aliphatic carbocycles. The summed E-state index contributed by atoms with van der Waals surface area (Å²) in [5, 5.41) is 21.5. The van der Waals surface area contributed by atoms with E-state index in [1.165, 1.54) is 58.8 Å². The summed E-state index contributed by atoms with van der Waals surface area (Å²) in [7, 11) is 1.54. The van der Waals surface area contributed by atoms with Gasteiger partial charge in [0.05, 0.1) is 43.9 Å². The Morgan fingerprint density at radius 3 is 1.94 bits per heavy atom. The number of sulfonamides is 1. The number of rotatable bonds is 10. The minimum Gasteiger partial charge on any atom is -0.503 e. The van der Waals surface area contributed by atoms with Crippen LogP contribution in [0.25, 0.3) is 12.2 Å². The predicted octanol–water partition coefficient (Wildman–Crippen LogP) is 4.31. The van der Waals surface area contributed by atoms with Crippen molar-refractivity contribution in [1.82, 2.24) is 0 Å². The van der Waals surface area contributed by atoms with E-state index < -0.39 is 20.7 Å². The molecule has 0 aliphatic rings. The average molecular weight is 517 g/mol. The molecule has 3 aromatic carbocycles. The van der Waals surface area contributed by atoms with Gasteiger partial charge in [0.25, 0.3) is 15.7 Å². The van der Waals surface area contributed by atoms with Crippen LogP contribution in [0.15, 0.2) is 53.4 Å². The summed E-state index contributed by atoms with van der Waals surface area (Å²) in [5.41, 5.74) is 0.609. The lowest BCUT2D eigenvalue weighted by molar-refractivity contribution is -0.385. The number of nitro benzene ring substituents is 1. The molecule has 0 fully saturated rings. The summed E-state index contributed by atoms with van der Waals surface area (Å²) in [5.74, 6) is 0.895. The van der Waals surface area contributed by atoms with Gasteiger partial charge in [0.1, 0.15) is 0 Å². The van der Waals surface area contributed by atoms with Crippen molar-refractivity contribution in [1.29, 1.82) is 0 Å². The maximum atomic E-state index is 12.9. The Labute approximate surface area is 207 Å². The number of phenolic OH excluding ortho intramolecular Hbond substituents is 1. The molecule has 0 aromatic heterocycles. The number of nitro groups is 1. The van der Waals surface area contributed by atoms with Crippen LogP contribution in [0, 0.1) is 10.1 Å². The third kappa shape index (κ3) is 5.61. The van der Waals surface area contributed by atoms with E-state index in [0.717, 1.165) is 6.07 Å². The zero-order chi connectivity index (χ0) is 26.5. The van der Waals surface area contributed by atoms with Crippen LogP contribution in [0.1, 0.15) is 11.1 Å². The van der Waals surface area contributed by atoms with Gasteiger partial charge in [-0.1, -0.05) is 18.2 Å². The summed E-state index contributed by atoms with van der Waals surface area (Å²) >= 11 is 0. The van der Waals surface area contributed by atoms with Gasteiger partial charge in [-0.05, 0) is 41.5 Å². The molecule has 2 N–H and O–H groups in total. The molecular formula is C24H24N2O9S. The first-order chi connectivity index (χ1) is 17.1. The van der Waals surface area contributed by atoms with Crippen LogP contribution in [0.2, 0.25) is 0 Å². The first-order valence-electron chi connectivity index (χ1n) is 10.3. The number of anilines is 1. The van der Waals surface area contributed by atoms with Crippen molar-refractivity contribution in [3.8, 4) is 28.7 Å². The van der Waals surface area contributed by atoms with Gasteiger partial charge in [-0.2, -0.15) is 0 Å². The number of ether oxygens (including phenoxy) is 4. The van der Waals surface area contributed by atoms with Crippen LogP contribution >= 0.6 is 0 Å². The molecule has 11 nitrogen and oxygen atoms in total. The highest BCUT2D eigenvalue weighted by molar-refractivity contribution is 7.92. The topological polar surface area (TPSA) is 146 Å². The van der Waals surface area contributed by atoms with Gasteiger partial charge < -0.3 is 24.1 Å². The summed E-state index contributed by atoms with van der Waals surface area (Å²) in [6.07, 6.45) is 3.38. The fourth-order valence-electron chi connectivity index (χ4n) is 3.32. The Morgan fingerprint density at radius 1 is 0.861 bits per heavy atom. The van der Waals surface area contributed by atoms with Gasteiger partial charge in [0.2, 0.25) is 5.75 Å². The maximum absolute atomic E-state index is 12.9. The third-order valence-corrected chi connectivity index (χ3v) is 6.42. The Kier molecular flexibility index (Phi) is 7.90. The van der Waals surface area contributed by atoms with Crippen LogP contribution in [-0.4, -0.2) is 46.9 Å². The van der Waals surface area contributed by atoms with Crippen molar-refractivity contribution in [2.24, 2.45) is 0 Å². The van der Waals surface area contributed by atoms with Gasteiger partial charge in [-0.25, -0.2) is 8.42 Å². The number of nitrogens with one attached hydrogen (secondary N) is 1. The van der Waals surface area contributed by atoms with Crippen molar-refractivity contribution in [2.75, 3.05) is 33.2 Å². The second kappa shape index (κ2) is 10.9. The first-order valence-corrected chi connectivity index (χ1v) is 11.8. The highest BCUT2D eigenvalue weighted by atomic mass is 32.2. The lowest BCUT2D eigenvalue weighted by atomic mass is 10.1. The van der Waals surface area contributed by atoms with E-state index in [1.807, 2.05) is 0 Å². The Hall–Kier alpha value is -4.45. The number of benzene rings is 3. The molecule has 0 unspecified atom stereocenters. The third-order valence-electron chi connectivity index (χ3n) is 5.06. The van der Waals surface area contributed by atoms with E-state index in [4.69, 9.17) is 18.9 Å². The van der Waals surface area contributed by atoms with E-state index >= 15 is 0 Å². The number of phenols is 1. The normalized spacial score (nSPS) is 11.2. The molecule has 190 valence electrons. The monoisotopic (exact) mass is 516 g/mol. The molecule has 0 spiro atoms. The highest BCUT2D eigenvalue weighted by Gasteiger charge is 2.21. The zero-order valence-electron chi connectivity index (χ0n) is 19.8. The van der Waals surface area contributed by atoms with Gasteiger partial charge in [0, 0.05) is 12.1 Å². The van der Waals surface area contributed by atoms with E-state index in [-0.39, 0.29) is 22.0 Å². The Balaban J connectivity index is 2.00. The number of nitrogens with zero attached hydrogens (tertiary/aromatic N) is 1. The molecule has 0 saturated heterocycles. The summed E-state index contributed by atoms with van der Waals surface area (Å²) in [4.78, 5) is 9.99. The smallest absolute Gasteiger partial charge is 0.270 e. The quantitative estimate of drug-likeness (QED) is 0.174. The fraction of sp³-hybridized carbons (Fsp3) is 0.167. The SMILES string of the molecule is COc1cc(/C=C\c2cc(OC)c(OC)c(OC)c2)cc(NS(=O)(=O)c2cccc([N+](=O)[O-])c2)c1O. The number of hydrogen-bond donors (Lipinski definition) is 2. The zero-order valence-corrected chi connectivity index (χ0v) is 20.7. The van der Waals surface area contributed by atoms with Crippen molar-refractivity contribution >= 4 is 33.6 Å². The maximum Gasteiger partial charge on any atom is 0.270 e. The van der Waals surface area contributed by atoms with Crippen molar-refractivity contribution in [2.45, 2.75) is 4.90 Å². The molecule has 0 atom stereocenters. The molecule has 0 amide bonds. The van der Waals surface area contributed by atoms with Crippen LogP contribution in [-0.2, 0) is 10.0 Å². The van der Waals surface area contributed by atoms with Crippen LogP contribution in [0.3, 0.4) is 0 Å². The molecule has 0 heterocycles. The largest absolute Gasteiger partial charge is 0.503 e. The lowest BCUT2D eigenvalue weighted by Crippen LogP contribution is -2.13. The van der Waals surface area contributed by atoms with E-state index in [1.54, 1.807) is 24.3 Å². The molecule has 12 heteroatoms. The first kappa shape index (κ1) is 26.2. The molecule has 0 saturated carbocycles. The van der Waals surface area contributed by atoms with Crippen molar-refractivity contribution in [3.63, 3.8) is 0 Å². The van der Waals surface area contributed by atoms with Crippen molar-refractivity contribution in [3.05, 3.63) is 69.8 Å². The van der Waals surface area contributed by atoms with E-state index in [0.29, 0.717) is 28.4 Å². The average Bonchev–Trinajstić information content (AvgIpc) is 2.88. The number of non-ortho nitro benzene ring substituents is 1.